The van der Waals surface area contributed by atoms with Gasteiger partial charge in [0.1, 0.15) is 0 Å². The quantitative estimate of drug-likeness (QED) is 0.812. The number of benzene rings is 2. The number of para-hydroxylation sites is 1. The summed E-state index contributed by atoms with van der Waals surface area (Å²) in [4.78, 5) is 0. The number of hydrogen-bond acceptors (Lipinski definition) is 1. The second-order valence-corrected chi connectivity index (χ2v) is 4.90. The fourth-order valence-electron chi connectivity index (χ4n) is 2.15. The Balaban J connectivity index is 1.94. The van der Waals surface area contributed by atoms with Crippen molar-refractivity contribution in [2.24, 2.45) is 0 Å². The summed E-state index contributed by atoms with van der Waals surface area (Å²) in [6, 6.07) is 19.2. The molecule has 0 saturated carbocycles. The minimum Gasteiger partial charge on any atom is -0.384 e. The average Bonchev–Trinajstić information content (AvgIpc) is 2.40. The third kappa shape index (κ3) is 3.36. The SMILES string of the molecule is CC(C)c1ccccc1NCCc1ccccc1. The standard InChI is InChI=1S/C17H21N/c1-14(2)16-10-6-7-11-17(16)18-13-12-15-8-4-3-5-9-15/h3-11,14,18H,12-13H2,1-2H3. The van der Waals surface area contributed by atoms with Crippen molar-refractivity contribution in [1.82, 2.24) is 0 Å². The van der Waals surface area contributed by atoms with Crippen LogP contribution in [-0.2, 0) is 6.42 Å². The molecule has 1 heteroatoms. The van der Waals surface area contributed by atoms with E-state index in [0.29, 0.717) is 5.92 Å². The van der Waals surface area contributed by atoms with Crippen molar-refractivity contribution in [3.63, 3.8) is 0 Å². The summed E-state index contributed by atoms with van der Waals surface area (Å²) in [7, 11) is 0. The molecule has 0 aromatic heterocycles. The highest BCUT2D eigenvalue weighted by Gasteiger charge is 2.04. The average molecular weight is 239 g/mol. The number of rotatable bonds is 5. The van der Waals surface area contributed by atoms with Gasteiger partial charge in [-0.25, -0.2) is 0 Å². The van der Waals surface area contributed by atoms with Gasteiger partial charge in [-0.3, -0.25) is 0 Å². The van der Waals surface area contributed by atoms with Crippen LogP contribution in [0.1, 0.15) is 30.9 Å². The number of hydrogen-bond donors (Lipinski definition) is 1. The van der Waals surface area contributed by atoms with E-state index in [4.69, 9.17) is 0 Å². The van der Waals surface area contributed by atoms with Gasteiger partial charge in [0.2, 0.25) is 0 Å². The zero-order valence-corrected chi connectivity index (χ0v) is 11.2. The topological polar surface area (TPSA) is 12.0 Å². The Kier molecular flexibility index (Phi) is 4.40. The van der Waals surface area contributed by atoms with E-state index >= 15 is 0 Å². The van der Waals surface area contributed by atoms with Crippen LogP contribution in [0.15, 0.2) is 54.6 Å². The largest absolute Gasteiger partial charge is 0.384 e. The summed E-state index contributed by atoms with van der Waals surface area (Å²) in [5.74, 6) is 0.561. The maximum Gasteiger partial charge on any atom is 0.0375 e. The van der Waals surface area contributed by atoms with Gasteiger partial charge in [-0.2, -0.15) is 0 Å². The minimum absolute atomic E-state index is 0.561. The summed E-state index contributed by atoms with van der Waals surface area (Å²) in [5.41, 5.74) is 4.04. The van der Waals surface area contributed by atoms with Gasteiger partial charge in [-0.05, 0) is 29.5 Å². The molecule has 94 valence electrons. The molecule has 2 aromatic rings. The fraction of sp³-hybridized carbons (Fsp3) is 0.294. The van der Waals surface area contributed by atoms with Crippen molar-refractivity contribution in [2.45, 2.75) is 26.2 Å². The Bertz CT molecular complexity index is 474. The highest BCUT2D eigenvalue weighted by molar-refractivity contribution is 5.52. The molecule has 0 bridgehead atoms. The van der Waals surface area contributed by atoms with E-state index in [1.807, 2.05) is 0 Å². The predicted octanol–water partition coefficient (Wildman–Crippen LogP) is 4.46. The van der Waals surface area contributed by atoms with Gasteiger partial charge < -0.3 is 5.32 Å². The third-order valence-corrected chi connectivity index (χ3v) is 3.15. The molecule has 0 aliphatic heterocycles. The number of nitrogens with one attached hydrogen (secondary N) is 1. The monoisotopic (exact) mass is 239 g/mol. The van der Waals surface area contributed by atoms with Crippen LogP contribution in [0.2, 0.25) is 0 Å². The Morgan fingerprint density at radius 2 is 1.56 bits per heavy atom. The van der Waals surface area contributed by atoms with E-state index in [0.717, 1.165) is 13.0 Å². The molecular weight excluding hydrogens is 218 g/mol. The van der Waals surface area contributed by atoms with Gasteiger partial charge in [0.05, 0.1) is 0 Å². The highest BCUT2D eigenvalue weighted by Crippen LogP contribution is 2.23. The molecule has 0 heterocycles. The van der Waals surface area contributed by atoms with Crippen molar-refractivity contribution in [2.75, 3.05) is 11.9 Å². The molecule has 1 nitrogen and oxygen atoms in total. The highest BCUT2D eigenvalue weighted by atomic mass is 14.9. The van der Waals surface area contributed by atoms with Crippen LogP contribution in [0.5, 0.6) is 0 Å². The van der Waals surface area contributed by atoms with E-state index in [2.05, 4.69) is 73.8 Å². The molecule has 2 rings (SSSR count). The molecule has 0 spiro atoms. The van der Waals surface area contributed by atoms with E-state index in [1.54, 1.807) is 0 Å². The predicted molar refractivity (Wildman–Crippen MR) is 79.2 cm³/mol. The van der Waals surface area contributed by atoms with Crippen molar-refractivity contribution in [3.05, 3.63) is 65.7 Å². The molecule has 0 aliphatic carbocycles. The second kappa shape index (κ2) is 6.25. The van der Waals surface area contributed by atoms with Crippen molar-refractivity contribution in [1.29, 1.82) is 0 Å². The first-order chi connectivity index (χ1) is 8.77. The first kappa shape index (κ1) is 12.7. The van der Waals surface area contributed by atoms with Crippen LogP contribution in [-0.4, -0.2) is 6.54 Å². The van der Waals surface area contributed by atoms with E-state index in [-0.39, 0.29) is 0 Å². The van der Waals surface area contributed by atoms with Crippen LogP contribution in [0.4, 0.5) is 5.69 Å². The summed E-state index contributed by atoms with van der Waals surface area (Å²) in [5, 5.41) is 3.54. The summed E-state index contributed by atoms with van der Waals surface area (Å²) >= 11 is 0. The first-order valence-electron chi connectivity index (χ1n) is 6.64. The zero-order chi connectivity index (χ0) is 12.8. The van der Waals surface area contributed by atoms with Crippen molar-refractivity contribution in [3.8, 4) is 0 Å². The Hall–Kier alpha value is -1.76. The summed E-state index contributed by atoms with van der Waals surface area (Å²) < 4.78 is 0. The van der Waals surface area contributed by atoms with Gasteiger partial charge in [0, 0.05) is 12.2 Å². The molecule has 0 amide bonds. The Labute approximate surface area is 110 Å². The molecule has 0 fully saturated rings. The lowest BCUT2D eigenvalue weighted by atomic mass is 10.0. The van der Waals surface area contributed by atoms with Crippen LogP contribution in [0, 0.1) is 0 Å². The molecule has 0 atom stereocenters. The summed E-state index contributed by atoms with van der Waals surface area (Å²) in [6.45, 7) is 5.45. The van der Waals surface area contributed by atoms with Crippen LogP contribution >= 0.6 is 0 Å². The molecule has 1 N–H and O–H groups in total. The van der Waals surface area contributed by atoms with Gasteiger partial charge in [0.15, 0.2) is 0 Å². The molecule has 0 unspecified atom stereocenters. The van der Waals surface area contributed by atoms with Crippen molar-refractivity contribution >= 4 is 5.69 Å². The van der Waals surface area contributed by atoms with Gasteiger partial charge in [0.25, 0.3) is 0 Å². The molecule has 2 aromatic carbocycles. The lowest BCUT2D eigenvalue weighted by molar-refractivity contribution is 0.864. The van der Waals surface area contributed by atoms with Crippen molar-refractivity contribution < 1.29 is 0 Å². The first-order valence-corrected chi connectivity index (χ1v) is 6.64. The van der Waals surface area contributed by atoms with Crippen LogP contribution in [0.3, 0.4) is 0 Å². The van der Waals surface area contributed by atoms with Gasteiger partial charge >= 0.3 is 0 Å². The lowest BCUT2D eigenvalue weighted by Gasteiger charge is -2.14. The van der Waals surface area contributed by atoms with E-state index in [1.165, 1.54) is 16.8 Å². The van der Waals surface area contributed by atoms with E-state index < -0.39 is 0 Å². The number of anilines is 1. The Morgan fingerprint density at radius 3 is 2.28 bits per heavy atom. The lowest BCUT2D eigenvalue weighted by Crippen LogP contribution is -2.07. The molecular formula is C17H21N. The second-order valence-electron chi connectivity index (χ2n) is 4.90. The zero-order valence-electron chi connectivity index (χ0n) is 11.2. The maximum absolute atomic E-state index is 3.54. The van der Waals surface area contributed by atoms with Gasteiger partial charge in [-0.1, -0.05) is 62.4 Å². The minimum atomic E-state index is 0.561. The maximum atomic E-state index is 3.54. The molecule has 18 heavy (non-hydrogen) atoms. The molecule has 0 aliphatic rings. The summed E-state index contributed by atoms with van der Waals surface area (Å²) in [6.07, 6.45) is 1.06. The van der Waals surface area contributed by atoms with Gasteiger partial charge in [-0.15, -0.1) is 0 Å². The van der Waals surface area contributed by atoms with Crippen LogP contribution in [0.25, 0.3) is 0 Å². The smallest absolute Gasteiger partial charge is 0.0375 e. The normalized spacial score (nSPS) is 10.6. The van der Waals surface area contributed by atoms with E-state index in [9.17, 15) is 0 Å². The fourth-order valence-corrected chi connectivity index (χ4v) is 2.15. The van der Waals surface area contributed by atoms with Crippen LogP contribution < -0.4 is 5.32 Å². The molecule has 0 radical (unpaired) electrons. The third-order valence-electron chi connectivity index (χ3n) is 3.15. The molecule has 0 saturated heterocycles. The Morgan fingerprint density at radius 1 is 0.889 bits per heavy atom.